The van der Waals surface area contributed by atoms with E-state index < -0.39 is 0 Å². The Labute approximate surface area is 111 Å². The lowest BCUT2D eigenvalue weighted by Gasteiger charge is -2.11. The molecule has 5 heteroatoms. The molecule has 0 aliphatic heterocycles. The molecule has 1 aromatic carbocycles. The predicted molar refractivity (Wildman–Crippen MR) is 72.9 cm³/mol. The van der Waals surface area contributed by atoms with Gasteiger partial charge in [-0.1, -0.05) is 23.4 Å². The first-order valence-corrected chi connectivity index (χ1v) is 6.04. The number of furan rings is 1. The molecular formula is C14H17N3O2. The van der Waals surface area contributed by atoms with Gasteiger partial charge < -0.3 is 20.7 Å². The summed E-state index contributed by atoms with van der Waals surface area (Å²) in [6, 6.07) is 11.5. The first-order chi connectivity index (χ1) is 9.20. The molecule has 1 heterocycles. The first-order valence-electron chi connectivity index (χ1n) is 6.04. The molecule has 19 heavy (non-hydrogen) atoms. The van der Waals surface area contributed by atoms with Crippen LogP contribution in [-0.4, -0.2) is 11.0 Å². The summed E-state index contributed by atoms with van der Waals surface area (Å²) in [6.07, 6.45) is 1.66. The fourth-order valence-electron chi connectivity index (χ4n) is 1.81. The molecule has 0 saturated carbocycles. The number of nitrogens with two attached hydrogens (primary N) is 1. The number of benzene rings is 1. The summed E-state index contributed by atoms with van der Waals surface area (Å²) >= 11 is 0. The Kier molecular flexibility index (Phi) is 4.20. The van der Waals surface area contributed by atoms with Crippen LogP contribution in [0.5, 0.6) is 0 Å². The van der Waals surface area contributed by atoms with Gasteiger partial charge >= 0.3 is 0 Å². The van der Waals surface area contributed by atoms with Crippen LogP contribution in [0.25, 0.3) is 0 Å². The minimum Gasteiger partial charge on any atom is -0.468 e. The summed E-state index contributed by atoms with van der Waals surface area (Å²) in [7, 11) is 0. The van der Waals surface area contributed by atoms with Crippen molar-refractivity contribution in [3.8, 4) is 0 Å². The topological polar surface area (TPSA) is 83.8 Å². The molecular weight excluding hydrogens is 242 g/mol. The van der Waals surface area contributed by atoms with Gasteiger partial charge in [0, 0.05) is 12.1 Å². The van der Waals surface area contributed by atoms with E-state index in [1.165, 1.54) is 0 Å². The summed E-state index contributed by atoms with van der Waals surface area (Å²) < 4.78 is 5.33. The third kappa shape index (κ3) is 3.35. The molecule has 0 aliphatic rings. The van der Waals surface area contributed by atoms with E-state index in [4.69, 9.17) is 15.4 Å². The number of oxime groups is 1. The number of nitrogens with zero attached hydrogens (tertiary/aromatic N) is 1. The average molecular weight is 259 g/mol. The third-order valence-electron chi connectivity index (χ3n) is 2.91. The molecule has 1 aromatic heterocycles. The Morgan fingerprint density at radius 2 is 2.26 bits per heavy atom. The second-order valence-corrected chi connectivity index (χ2v) is 4.30. The van der Waals surface area contributed by atoms with Crippen LogP contribution in [0, 0.1) is 0 Å². The molecule has 1 atom stereocenters. The van der Waals surface area contributed by atoms with Gasteiger partial charge in [0.1, 0.15) is 5.76 Å². The zero-order valence-corrected chi connectivity index (χ0v) is 10.7. The molecule has 0 radical (unpaired) electrons. The number of rotatable bonds is 5. The van der Waals surface area contributed by atoms with Crippen LogP contribution in [0.4, 0.5) is 0 Å². The Hall–Kier alpha value is -2.27. The van der Waals surface area contributed by atoms with Crippen molar-refractivity contribution in [2.24, 2.45) is 10.9 Å². The lowest BCUT2D eigenvalue weighted by atomic mass is 10.1. The van der Waals surface area contributed by atoms with Gasteiger partial charge in [-0.15, -0.1) is 0 Å². The molecule has 0 unspecified atom stereocenters. The standard InChI is InChI=1S/C14H17N3O2/c1-10(13-6-3-7-19-13)16-9-11-4-2-5-12(8-11)14(15)17-18/h2-8,10,16,18H,9H2,1H3,(H2,15,17)/t10-/m1/s1. The highest BCUT2D eigenvalue weighted by Crippen LogP contribution is 2.13. The van der Waals surface area contributed by atoms with Crippen molar-refractivity contribution < 1.29 is 9.62 Å². The molecule has 0 bridgehead atoms. The highest BCUT2D eigenvalue weighted by molar-refractivity contribution is 5.97. The summed E-state index contributed by atoms with van der Waals surface area (Å²) in [5.74, 6) is 1.01. The largest absolute Gasteiger partial charge is 0.468 e. The van der Waals surface area contributed by atoms with Crippen LogP contribution >= 0.6 is 0 Å². The van der Waals surface area contributed by atoms with Crippen molar-refractivity contribution in [3.05, 3.63) is 59.5 Å². The zero-order valence-electron chi connectivity index (χ0n) is 10.7. The SMILES string of the molecule is C[C@@H](NCc1cccc(/C(N)=N/O)c1)c1ccco1. The number of hydrogen-bond donors (Lipinski definition) is 3. The lowest BCUT2D eigenvalue weighted by Crippen LogP contribution is -2.18. The van der Waals surface area contributed by atoms with Crippen LogP contribution in [-0.2, 0) is 6.54 Å². The summed E-state index contributed by atoms with van der Waals surface area (Å²) in [5, 5.41) is 15.0. The van der Waals surface area contributed by atoms with Gasteiger partial charge in [0.2, 0.25) is 0 Å². The van der Waals surface area contributed by atoms with E-state index in [1.54, 1.807) is 12.3 Å². The highest BCUT2D eigenvalue weighted by atomic mass is 16.4. The monoisotopic (exact) mass is 259 g/mol. The molecule has 0 saturated heterocycles. The van der Waals surface area contributed by atoms with Crippen molar-refractivity contribution in [2.45, 2.75) is 19.5 Å². The number of amidine groups is 1. The summed E-state index contributed by atoms with van der Waals surface area (Å²) in [5.41, 5.74) is 7.32. The summed E-state index contributed by atoms with van der Waals surface area (Å²) in [6.45, 7) is 2.71. The molecule has 100 valence electrons. The fraction of sp³-hybridized carbons (Fsp3) is 0.214. The molecule has 5 nitrogen and oxygen atoms in total. The van der Waals surface area contributed by atoms with Gasteiger partial charge in [0.25, 0.3) is 0 Å². The van der Waals surface area contributed by atoms with Gasteiger partial charge in [0.15, 0.2) is 5.84 Å². The van der Waals surface area contributed by atoms with Crippen molar-refractivity contribution in [1.82, 2.24) is 5.32 Å². The van der Waals surface area contributed by atoms with E-state index in [-0.39, 0.29) is 11.9 Å². The minimum absolute atomic E-state index is 0.112. The van der Waals surface area contributed by atoms with Gasteiger partial charge in [0.05, 0.1) is 12.3 Å². The highest BCUT2D eigenvalue weighted by Gasteiger charge is 2.07. The van der Waals surface area contributed by atoms with Crippen molar-refractivity contribution >= 4 is 5.84 Å². The van der Waals surface area contributed by atoms with E-state index in [1.807, 2.05) is 37.3 Å². The van der Waals surface area contributed by atoms with Crippen LogP contribution < -0.4 is 11.1 Å². The van der Waals surface area contributed by atoms with E-state index in [9.17, 15) is 0 Å². The molecule has 0 fully saturated rings. The molecule has 0 aliphatic carbocycles. The van der Waals surface area contributed by atoms with Crippen molar-refractivity contribution in [2.75, 3.05) is 0 Å². The second kappa shape index (κ2) is 6.06. The summed E-state index contributed by atoms with van der Waals surface area (Å²) in [4.78, 5) is 0. The number of nitrogens with one attached hydrogen (secondary N) is 1. The van der Waals surface area contributed by atoms with E-state index in [0.717, 1.165) is 11.3 Å². The maximum Gasteiger partial charge on any atom is 0.170 e. The lowest BCUT2D eigenvalue weighted by molar-refractivity contribution is 0.318. The second-order valence-electron chi connectivity index (χ2n) is 4.30. The molecule has 2 aromatic rings. The van der Waals surface area contributed by atoms with Crippen LogP contribution in [0.2, 0.25) is 0 Å². The smallest absolute Gasteiger partial charge is 0.170 e. The van der Waals surface area contributed by atoms with Crippen molar-refractivity contribution in [3.63, 3.8) is 0 Å². The van der Waals surface area contributed by atoms with Crippen LogP contribution in [0.3, 0.4) is 0 Å². The van der Waals surface area contributed by atoms with Gasteiger partial charge in [-0.25, -0.2) is 0 Å². The van der Waals surface area contributed by atoms with E-state index in [0.29, 0.717) is 12.1 Å². The van der Waals surface area contributed by atoms with Crippen LogP contribution in [0.15, 0.2) is 52.2 Å². The van der Waals surface area contributed by atoms with Gasteiger partial charge in [-0.05, 0) is 30.7 Å². The Morgan fingerprint density at radius 1 is 1.42 bits per heavy atom. The van der Waals surface area contributed by atoms with E-state index >= 15 is 0 Å². The fourth-order valence-corrected chi connectivity index (χ4v) is 1.81. The van der Waals surface area contributed by atoms with Crippen molar-refractivity contribution in [1.29, 1.82) is 0 Å². The molecule has 2 rings (SSSR count). The molecule has 0 spiro atoms. The quantitative estimate of drug-likeness (QED) is 0.333. The molecule has 4 N–H and O–H groups in total. The van der Waals surface area contributed by atoms with Crippen LogP contribution in [0.1, 0.15) is 29.9 Å². The Morgan fingerprint density at radius 3 is 2.95 bits per heavy atom. The van der Waals surface area contributed by atoms with E-state index in [2.05, 4.69) is 10.5 Å². The average Bonchev–Trinajstić information content (AvgIpc) is 2.98. The van der Waals surface area contributed by atoms with Gasteiger partial charge in [-0.3, -0.25) is 0 Å². The first kappa shape index (κ1) is 13.2. The third-order valence-corrected chi connectivity index (χ3v) is 2.91. The van der Waals surface area contributed by atoms with Gasteiger partial charge in [-0.2, -0.15) is 0 Å². The Bertz CT molecular complexity index is 550. The number of hydrogen-bond acceptors (Lipinski definition) is 4. The predicted octanol–water partition coefficient (Wildman–Crippen LogP) is 2.22. The Balaban J connectivity index is 2.00. The minimum atomic E-state index is 0.112. The maximum atomic E-state index is 8.66. The maximum absolute atomic E-state index is 8.66. The normalized spacial score (nSPS) is 13.4. The zero-order chi connectivity index (χ0) is 13.7. The molecule has 0 amide bonds.